The van der Waals surface area contributed by atoms with Gasteiger partial charge >= 0.3 is 0 Å². The molecule has 6 nitrogen and oxygen atoms in total. The fraction of sp³-hybridized carbons (Fsp3) is 0. The summed E-state index contributed by atoms with van der Waals surface area (Å²) in [5.41, 5.74) is 11.4. The monoisotopic (exact) mass is 709 g/mol. The van der Waals surface area contributed by atoms with Crippen LogP contribution in [-0.4, -0.2) is 4.98 Å². The number of oxazole rings is 1. The summed E-state index contributed by atoms with van der Waals surface area (Å²) in [7, 11) is 0. The van der Waals surface area contributed by atoms with Crippen molar-refractivity contribution in [2.45, 2.75) is 0 Å². The largest absolute Gasteiger partial charge is 0.456 e. The van der Waals surface area contributed by atoms with Crippen LogP contribution in [0.4, 0.5) is 34.1 Å². The number of rotatable bonds is 7. The lowest BCUT2D eigenvalue weighted by molar-refractivity contribution is 0.620. The molecule has 3 aromatic heterocycles. The van der Waals surface area contributed by atoms with Crippen molar-refractivity contribution in [3.8, 4) is 11.5 Å². The molecule has 260 valence electrons. The van der Waals surface area contributed by atoms with E-state index in [1.165, 1.54) is 0 Å². The van der Waals surface area contributed by atoms with E-state index >= 15 is 0 Å². The van der Waals surface area contributed by atoms with Crippen LogP contribution in [0.2, 0.25) is 0 Å². The number of furan rings is 2. The van der Waals surface area contributed by atoms with E-state index in [-0.39, 0.29) is 0 Å². The molecule has 0 saturated heterocycles. The number of hydrogen-bond donors (Lipinski definition) is 0. The number of hydrogen-bond acceptors (Lipinski definition) is 6. The molecule has 0 atom stereocenters. The molecule has 0 spiro atoms. The molecular weight excluding hydrogens is 679 g/mol. The lowest BCUT2D eigenvalue weighted by Crippen LogP contribution is -2.13. The highest BCUT2D eigenvalue weighted by atomic mass is 16.4. The standard InChI is InChI=1S/C49H31N3O3/c1-4-14-32(15-5-1)49-50-42-30-37(51(33-16-6-2-7-17-33)35-24-26-46-40(28-35)38-20-10-12-22-44(38)53-46)31-43(48(42)55-49)52(34-18-8-3-9-19-34)36-25-27-47-41(29-36)39-21-11-13-23-45(39)54-47/h1-31H. The average Bonchev–Trinajstić information content (AvgIpc) is 3.96. The molecule has 0 amide bonds. The van der Waals surface area contributed by atoms with Crippen molar-refractivity contribution in [1.82, 2.24) is 4.98 Å². The van der Waals surface area contributed by atoms with Crippen LogP contribution in [0.15, 0.2) is 201 Å². The minimum atomic E-state index is 0.552. The molecular formula is C49H31N3O3. The molecule has 3 heterocycles. The van der Waals surface area contributed by atoms with Crippen molar-refractivity contribution in [2.75, 3.05) is 9.80 Å². The first-order chi connectivity index (χ1) is 27.2. The van der Waals surface area contributed by atoms with Crippen molar-refractivity contribution in [2.24, 2.45) is 0 Å². The van der Waals surface area contributed by atoms with Crippen molar-refractivity contribution in [1.29, 1.82) is 0 Å². The molecule has 0 aliphatic rings. The molecule has 0 N–H and O–H groups in total. The van der Waals surface area contributed by atoms with Crippen LogP contribution in [0.25, 0.3) is 66.4 Å². The number of para-hydroxylation sites is 4. The summed E-state index contributed by atoms with van der Waals surface area (Å²) in [6, 6.07) is 64.3. The highest BCUT2D eigenvalue weighted by Gasteiger charge is 2.25. The third-order valence-corrected chi connectivity index (χ3v) is 10.2. The van der Waals surface area contributed by atoms with Crippen LogP contribution in [0.1, 0.15) is 0 Å². The molecule has 0 radical (unpaired) electrons. The summed E-state index contributed by atoms with van der Waals surface area (Å²) >= 11 is 0. The Labute approximate surface area is 315 Å². The van der Waals surface area contributed by atoms with Crippen LogP contribution in [0.5, 0.6) is 0 Å². The molecule has 0 unspecified atom stereocenters. The van der Waals surface area contributed by atoms with Gasteiger partial charge in [-0.2, -0.15) is 0 Å². The van der Waals surface area contributed by atoms with Crippen LogP contribution >= 0.6 is 0 Å². The smallest absolute Gasteiger partial charge is 0.227 e. The first kappa shape index (κ1) is 31.0. The molecule has 0 aliphatic heterocycles. The Kier molecular flexibility index (Phi) is 7.07. The van der Waals surface area contributed by atoms with Gasteiger partial charge in [-0.3, -0.25) is 0 Å². The summed E-state index contributed by atoms with van der Waals surface area (Å²) in [4.78, 5) is 9.69. The normalized spacial score (nSPS) is 11.6. The Morgan fingerprint density at radius 3 is 1.44 bits per heavy atom. The van der Waals surface area contributed by atoms with Gasteiger partial charge in [0, 0.05) is 49.9 Å². The molecule has 11 rings (SSSR count). The molecule has 0 aliphatic carbocycles. The molecule has 0 fully saturated rings. The maximum absolute atomic E-state index is 6.79. The topological polar surface area (TPSA) is 58.8 Å². The quantitative estimate of drug-likeness (QED) is 0.164. The van der Waals surface area contributed by atoms with E-state index in [9.17, 15) is 0 Å². The van der Waals surface area contributed by atoms with Gasteiger partial charge in [0.1, 0.15) is 27.8 Å². The predicted molar refractivity (Wildman–Crippen MR) is 223 cm³/mol. The average molecular weight is 710 g/mol. The van der Waals surface area contributed by atoms with Gasteiger partial charge in [0.15, 0.2) is 5.58 Å². The van der Waals surface area contributed by atoms with Gasteiger partial charge in [0.25, 0.3) is 0 Å². The Morgan fingerprint density at radius 2 is 0.836 bits per heavy atom. The maximum atomic E-state index is 6.79. The third kappa shape index (κ3) is 5.23. The van der Waals surface area contributed by atoms with Crippen molar-refractivity contribution in [3.05, 3.63) is 188 Å². The summed E-state index contributed by atoms with van der Waals surface area (Å²) in [6.07, 6.45) is 0. The second-order valence-electron chi connectivity index (χ2n) is 13.6. The molecule has 0 saturated carbocycles. The molecule has 0 bridgehead atoms. The van der Waals surface area contributed by atoms with E-state index in [0.717, 1.165) is 89.1 Å². The van der Waals surface area contributed by atoms with E-state index < -0.39 is 0 Å². The van der Waals surface area contributed by atoms with E-state index in [0.29, 0.717) is 11.5 Å². The van der Waals surface area contributed by atoms with E-state index in [4.69, 9.17) is 18.2 Å². The highest BCUT2D eigenvalue weighted by molar-refractivity contribution is 6.09. The fourth-order valence-electron chi connectivity index (χ4n) is 7.73. The summed E-state index contributed by atoms with van der Waals surface area (Å²) in [5, 5.41) is 4.23. The summed E-state index contributed by atoms with van der Waals surface area (Å²) in [6.45, 7) is 0. The number of anilines is 6. The van der Waals surface area contributed by atoms with Gasteiger partial charge in [-0.05, 0) is 97.1 Å². The third-order valence-electron chi connectivity index (χ3n) is 10.2. The predicted octanol–water partition coefficient (Wildman–Crippen LogP) is 14.2. The van der Waals surface area contributed by atoms with Crippen LogP contribution < -0.4 is 9.80 Å². The number of fused-ring (bicyclic) bond motifs is 7. The van der Waals surface area contributed by atoms with Gasteiger partial charge in [0.05, 0.1) is 11.4 Å². The minimum absolute atomic E-state index is 0.552. The lowest BCUT2D eigenvalue weighted by atomic mass is 10.1. The number of benzene rings is 8. The first-order valence-corrected chi connectivity index (χ1v) is 18.3. The lowest BCUT2D eigenvalue weighted by Gasteiger charge is -2.29. The Hall–Kier alpha value is -7.57. The highest BCUT2D eigenvalue weighted by Crippen LogP contribution is 2.47. The van der Waals surface area contributed by atoms with Crippen LogP contribution in [0.3, 0.4) is 0 Å². The van der Waals surface area contributed by atoms with E-state index in [1.807, 2.05) is 72.8 Å². The van der Waals surface area contributed by atoms with Crippen molar-refractivity contribution in [3.63, 3.8) is 0 Å². The molecule has 55 heavy (non-hydrogen) atoms. The summed E-state index contributed by atoms with van der Waals surface area (Å²) < 4.78 is 19.3. The van der Waals surface area contributed by atoms with Crippen LogP contribution in [-0.2, 0) is 0 Å². The second-order valence-corrected chi connectivity index (χ2v) is 13.6. The van der Waals surface area contributed by atoms with Gasteiger partial charge in [-0.15, -0.1) is 0 Å². The zero-order chi connectivity index (χ0) is 36.3. The van der Waals surface area contributed by atoms with E-state index in [2.05, 4.69) is 125 Å². The maximum Gasteiger partial charge on any atom is 0.227 e. The minimum Gasteiger partial charge on any atom is -0.456 e. The fourth-order valence-corrected chi connectivity index (χ4v) is 7.73. The number of nitrogens with zero attached hydrogens (tertiary/aromatic N) is 3. The summed E-state index contributed by atoms with van der Waals surface area (Å²) in [5.74, 6) is 0.552. The molecule has 6 heteroatoms. The number of aromatic nitrogens is 1. The molecule has 8 aromatic carbocycles. The second kappa shape index (κ2) is 12.5. The first-order valence-electron chi connectivity index (χ1n) is 18.3. The zero-order valence-corrected chi connectivity index (χ0v) is 29.5. The van der Waals surface area contributed by atoms with Gasteiger partial charge in [0.2, 0.25) is 5.89 Å². The van der Waals surface area contributed by atoms with E-state index in [1.54, 1.807) is 0 Å². The Balaban J connectivity index is 1.19. The van der Waals surface area contributed by atoms with Crippen LogP contribution in [0, 0.1) is 0 Å². The Bertz CT molecular complexity index is 3170. The van der Waals surface area contributed by atoms with Crippen molar-refractivity contribution < 1.29 is 13.3 Å². The van der Waals surface area contributed by atoms with Gasteiger partial charge in [-0.25, -0.2) is 4.98 Å². The Morgan fingerprint density at radius 1 is 0.345 bits per heavy atom. The van der Waals surface area contributed by atoms with Crippen molar-refractivity contribution >= 4 is 89.1 Å². The van der Waals surface area contributed by atoms with Gasteiger partial charge < -0.3 is 23.1 Å². The SMILES string of the molecule is c1ccc(-c2nc3cc(N(c4ccccc4)c4ccc5oc6ccccc6c5c4)cc(N(c4ccccc4)c4ccc5oc6ccccc6c5c4)c3o2)cc1. The zero-order valence-electron chi connectivity index (χ0n) is 29.5. The van der Waals surface area contributed by atoms with Gasteiger partial charge in [-0.1, -0.05) is 91.0 Å². The molecule has 11 aromatic rings.